The number of nitrogens with one attached hydrogen (secondary N) is 1. The molecule has 2 rings (SSSR count). The van der Waals surface area contributed by atoms with Crippen LogP contribution in [0.2, 0.25) is 0 Å². The van der Waals surface area contributed by atoms with Crippen LogP contribution in [0.4, 0.5) is 5.69 Å². The number of hydrogen-bond acceptors (Lipinski definition) is 5. The molecule has 0 atom stereocenters. The third-order valence-corrected chi connectivity index (χ3v) is 3.08. The largest absolute Gasteiger partial charge is 0.495 e. The summed E-state index contributed by atoms with van der Waals surface area (Å²) in [6.07, 6.45) is 2.32. The molecule has 0 unspecified atom stereocenters. The number of hydrogen-bond donors (Lipinski definition) is 2. The number of methoxy groups -OCH3 is 1. The molecule has 0 bridgehead atoms. The van der Waals surface area contributed by atoms with Gasteiger partial charge in [0.2, 0.25) is 0 Å². The molecule has 0 radical (unpaired) electrons. The van der Waals surface area contributed by atoms with Crippen molar-refractivity contribution in [3.05, 3.63) is 23.8 Å². The molecule has 3 N–H and O–H groups in total. The van der Waals surface area contributed by atoms with E-state index in [1.54, 1.807) is 12.1 Å². The van der Waals surface area contributed by atoms with Gasteiger partial charge in [-0.1, -0.05) is 0 Å². The minimum absolute atomic E-state index is 0.280. The lowest BCUT2D eigenvalue weighted by molar-refractivity contribution is -0.124. The van der Waals surface area contributed by atoms with E-state index in [0.717, 1.165) is 12.8 Å². The summed E-state index contributed by atoms with van der Waals surface area (Å²) in [5, 5.41) is 2.72. The summed E-state index contributed by atoms with van der Waals surface area (Å²) in [6.45, 7) is 0.378. The Morgan fingerprint density at radius 3 is 2.75 bits per heavy atom. The molecule has 6 heteroatoms. The van der Waals surface area contributed by atoms with E-state index in [2.05, 4.69) is 5.32 Å². The SMILES string of the molecule is COc1ccc(C(=O)OCC(=O)NCC2CC2)cc1N. The number of ether oxygens (including phenoxy) is 2. The highest BCUT2D eigenvalue weighted by atomic mass is 16.5. The van der Waals surface area contributed by atoms with Crippen LogP contribution in [-0.2, 0) is 9.53 Å². The molecule has 1 amide bonds. The van der Waals surface area contributed by atoms with E-state index in [0.29, 0.717) is 29.5 Å². The molecule has 0 aliphatic heterocycles. The van der Waals surface area contributed by atoms with Crippen molar-refractivity contribution in [1.82, 2.24) is 5.32 Å². The summed E-state index contributed by atoms with van der Waals surface area (Å²) < 4.78 is 9.92. The number of benzene rings is 1. The maximum atomic E-state index is 11.8. The first-order chi connectivity index (χ1) is 9.60. The van der Waals surface area contributed by atoms with Gasteiger partial charge in [0.05, 0.1) is 18.4 Å². The third-order valence-electron chi connectivity index (χ3n) is 3.08. The highest BCUT2D eigenvalue weighted by Gasteiger charge is 2.21. The van der Waals surface area contributed by atoms with Crippen molar-refractivity contribution in [2.45, 2.75) is 12.8 Å². The smallest absolute Gasteiger partial charge is 0.338 e. The molecule has 0 spiro atoms. The van der Waals surface area contributed by atoms with Crippen LogP contribution in [0.15, 0.2) is 18.2 Å². The summed E-state index contributed by atoms with van der Waals surface area (Å²) in [7, 11) is 1.49. The van der Waals surface area contributed by atoms with E-state index in [-0.39, 0.29) is 12.5 Å². The number of anilines is 1. The van der Waals surface area contributed by atoms with Crippen LogP contribution in [0.25, 0.3) is 0 Å². The number of carbonyl (C=O) groups is 2. The Balaban J connectivity index is 1.81. The predicted molar refractivity (Wildman–Crippen MR) is 73.4 cm³/mol. The second-order valence-corrected chi connectivity index (χ2v) is 4.78. The molecular formula is C14H18N2O4. The van der Waals surface area contributed by atoms with Crippen molar-refractivity contribution in [3.8, 4) is 5.75 Å². The number of nitrogen functional groups attached to an aromatic ring is 1. The quantitative estimate of drug-likeness (QED) is 0.597. The molecule has 1 saturated carbocycles. The Hall–Kier alpha value is -2.24. The third kappa shape index (κ3) is 3.88. The van der Waals surface area contributed by atoms with E-state index in [9.17, 15) is 9.59 Å². The predicted octanol–water partition coefficient (Wildman–Crippen LogP) is 0.960. The van der Waals surface area contributed by atoms with Crippen LogP contribution in [0, 0.1) is 5.92 Å². The zero-order chi connectivity index (χ0) is 14.5. The van der Waals surface area contributed by atoms with Gasteiger partial charge in [-0.25, -0.2) is 4.79 Å². The second kappa shape index (κ2) is 6.27. The maximum absolute atomic E-state index is 11.8. The summed E-state index contributed by atoms with van der Waals surface area (Å²) >= 11 is 0. The average molecular weight is 278 g/mol. The Morgan fingerprint density at radius 1 is 1.40 bits per heavy atom. The van der Waals surface area contributed by atoms with E-state index >= 15 is 0 Å². The first-order valence-corrected chi connectivity index (χ1v) is 6.47. The molecule has 1 aromatic carbocycles. The van der Waals surface area contributed by atoms with Gasteiger partial charge in [-0.2, -0.15) is 0 Å². The molecule has 20 heavy (non-hydrogen) atoms. The molecule has 0 heterocycles. The van der Waals surface area contributed by atoms with Gasteiger partial charge in [0.15, 0.2) is 6.61 Å². The molecular weight excluding hydrogens is 260 g/mol. The first-order valence-electron chi connectivity index (χ1n) is 6.47. The van der Waals surface area contributed by atoms with Crippen molar-refractivity contribution < 1.29 is 19.1 Å². The fourth-order valence-corrected chi connectivity index (χ4v) is 1.71. The molecule has 6 nitrogen and oxygen atoms in total. The number of amides is 1. The summed E-state index contributed by atoms with van der Waals surface area (Å²) in [5.74, 6) is 0.215. The molecule has 0 saturated heterocycles. The second-order valence-electron chi connectivity index (χ2n) is 4.78. The van der Waals surface area contributed by atoms with Gasteiger partial charge in [-0.15, -0.1) is 0 Å². The molecule has 1 aliphatic carbocycles. The Morgan fingerprint density at radius 2 is 2.15 bits per heavy atom. The molecule has 0 aromatic heterocycles. The summed E-state index contributed by atoms with van der Waals surface area (Å²) in [4.78, 5) is 23.2. The number of carbonyl (C=O) groups excluding carboxylic acids is 2. The highest BCUT2D eigenvalue weighted by Crippen LogP contribution is 2.27. The van der Waals surface area contributed by atoms with Crippen molar-refractivity contribution in [3.63, 3.8) is 0 Å². The van der Waals surface area contributed by atoms with Gasteiger partial charge in [0.1, 0.15) is 5.75 Å². The first kappa shape index (κ1) is 14.2. The number of nitrogens with two attached hydrogens (primary N) is 1. The van der Waals surface area contributed by atoms with E-state index in [1.165, 1.54) is 13.2 Å². The normalized spacial score (nSPS) is 13.7. The lowest BCUT2D eigenvalue weighted by Crippen LogP contribution is -2.30. The zero-order valence-corrected chi connectivity index (χ0v) is 11.3. The van der Waals surface area contributed by atoms with Crippen LogP contribution < -0.4 is 15.8 Å². The number of esters is 1. The topological polar surface area (TPSA) is 90.6 Å². The van der Waals surface area contributed by atoms with Crippen LogP contribution in [0.3, 0.4) is 0 Å². The van der Waals surface area contributed by atoms with E-state index in [4.69, 9.17) is 15.2 Å². The van der Waals surface area contributed by atoms with Crippen LogP contribution in [-0.4, -0.2) is 32.1 Å². The van der Waals surface area contributed by atoms with Crippen LogP contribution in [0.1, 0.15) is 23.2 Å². The molecule has 1 aliphatic rings. The highest BCUT2D eigenvalue weighted by molar-refractivity contribution is 5.92. The van der Waals surface area contributed by atoms with Gasteiger partial charge in [-0.05, 0) is 37.0 Å². The minimum atomic E-state index is -0.582. The Bertz CT molecular complexity index is 512. The van der Waals surface area contributed by atoms with Crippen molar-refractivity contribution in [2.75, 3.05) is 26.0 Å². The van der Waals surface area contributed by atoms with Crippen LogP contribution in [0.5, 0.6) is 5.75 Å². The van der Waals surface area contributed by atoms with Gasteiger partial charge >= 0.3 is 5.97 Å². The van der Waals surface area contributed by atoms with Crippen molar-refractivity contribution in [2.24, 2.45) is 5.92 Å². The van der Waals surface area contributed by atoms with Crippen molar-refractivity contribution >= 4 is 17.6 Å². The Labute approximate surface area is 117 Å². The monoisotopic (exact) mass is 278 g/mol. The van der Waals surface area contributed by atoms with E-state index in [1.807, 2.05) is 0 Å². The molecule has 108 valence electrons. The van der Waals surface area contributed by atoms with Gasteiger partial charge in [0.25, 0.3) is 5.91 Å². The fourth-order valence-electron chi connectivity index (χ4n) is 1.71. The minimum Gasteiger partial charge on any atom is -0.495 e. The van der Waals surface area contributed by atoms with Gasteiger partial charge < -0.3 is 20.5 Å². The van der Waals surface area contributed by atoms with Gasteiger partial charge in [0, 0.05) is 6.54 Å². The summed E-state index contributed by atoms with van der Waals surface area (Å²) in [5.41, 5.74) is 6.34. The average Bonchev–Trinajstić information content (AvgIpc) is 3.26. The summed E-state index contributed by atoms with van der Waals surface area (Å²) in [6, 6.07) is 4.59. The van der Waals surface area contributed by atoms with Crippen molar-refractivity contribution in [1.29, 1.82) is 0 Å². The zero-order valence-electron chi connectivity index (χ0n) is 11.3. The van der Waals surface area contributed by atoms with Crippen LogP contribution >= 0.6 is 0 Å². The Kier molecular flexibility index (Phi) is 4.45. The molecule has 1 aromatic rings. The number of rotatable bonds is 6. The molecule has 1 fully saturated rings. The fraction of sp³-hybridized carbons (Fsp3) is 0.429. The lowest BCUT2D eigenvalue weighted by atomic mass is 10.2. The van der Waals surface area contributed by atoms with Gasteiger partial charge in [-0.3, -0.25) is 4.79 Å². The van der Waals surface area contributed by atoms with E-state index < -0.39 is 5.97 Å². The maximum Gasteiger partial charge on any atom is 0.338 e. The standard InChI is InChI=1S/C14H18N2O4/c1-19-12-5-4-10(6-11(12)15)14(18)20-8-13(17)16-7-9-2-3-9/h4-6,9H,2-3,7-8,15H2,1H3,(H,16,17). The lowest BCUT2D eigenvalue weighted by Gasteiger charge is -2.08.